The van der Waals surface area contributed by atoms with E-state index >= 15 is 0 Å². The molecule has 3 saturated heterocycles. The standard InChI is InChI=1S/C42H69NO15.C7H15Cl2N2O2P/c1-23(2)19-32(47)56-40-27(6)53-34(22-42(40,8)50)57-37-26(5)54-41(36(49)35(37)43(9)10)58-38-29(17-18-44)20-24(3)30(46)16-14-12-13-15-25(4)52-33(48)21-31(39(38)51-11)55-28(7)45;8-2-4-10-14(12)11(6-3-9)5-1-7-13-14/h12-14,16,18,23-27,29-31,34-41,46,49-50H,15,17,19-22H2,1-11H3;1-7H2,(H,10,12)/b13-12+,16-14+;/t24-,25-,26-,27+,29+,30+,31-,34+,35-,36-,37-,38+,39?,40-,41+,42-;/m1./s1. The maximum absolute atomic E-state index is 13.2. The molecule has 0 saturated carbocycles. The van der Waals surface area contributed by atoms with Gasteiger partial charge >= 0.3 is 25.6 Å². The first-order valence-corrected chi connectivity index (χ1v) is 27.7. The van der Waals surface area contributed by atoms with Gasteiger partial charge in [-0.1, -0.05) is 45.1 Å². The molecule has 0 aromatic rings. The van der Waals surface area contributed by atoms with Crippen LogP contribution in [0.4, 0.5) is 0 Å². The Labute approximate surface area is 436 Å². The van der Waals surface area contributed by atoms with Gasteiger partial charge in [-0.05, 0) is 72.4 Å². The number of aliphatic hydroxyl groups excluding tert-OH is 2. The van der Waals surface area contributed by atoms with Crippen LogP contribution in [-0.2, 0) is 66.2 Å². The molecule has 17 atom stereocenters. The number of nitrogens with one attached hydrogen (secondary N) is 1. The summed E-state index contributed by atoms with van der Waals surface area (Å²) >= 11 is 11.1. The molecule has 0 aliphatic carbocycles. The van der Waals surface area contributed by atoms with Gasteiger partial charge in [0.25, 0.3) is 0 Å². The van der Waals surface area contributed by atoms with Crippen molar-refractivity contribution < 1.29 is 81.5 Å². The van der Waals surface area contributed by atoms with E-state index in [1.807, 2.05) is 20.8 Å². The van der Waals surface area contributed by atoms with Gasteiger partial charge in [-0.25, -0.2) is 9.76 Å². The van der Waals surface area contributed by atoms with Crippen molar-refractivity contribution in [2.75, 3.05) is 59.2 Å². The third kappa shape index (κ3) is 19.8. The first kappa shape index (κ1) is 64.2. The van der Waals surface area contributed by atoms with Gasteiger partial charge in [-0.15, -0.1) is 23.2 Å². The summed E-state index contributed by atoms with van der Waals surface area (Å²) in [7, 11) is 2.01. The number of hydrogen-bond acceptors (Lipinski definition) is 18. The number of aliphatic hydroxyl groups is 3. The van der Waals surface area contributed by atoms with Crippen molar-refractivity contribution in [2.45, 2.75) is 186 Å². The van der Waals surface area contributed by atoms with Gasteiger partial charge in [-0.3, -0.25) is 18.9 Å². The Kier molecular flexibility index (Phi) is 27.8. The van der Waals surface area contributed by atoms with E-state index in [4.69, 9.17) is 65.6 Å². The Bertz CT molecular complexity index is 1780. The maximum Gasteiger partial charge on any atom is 0.343 e. The van der Waals surface area contributed by atoms with Crippen molar-refractivity contribution in [2.24, 2.45) is 17.8 Å². The van der Waals surface area contributed by atoms with E-state index < -0.39 is 129 Å². The number of carbonyl (C=O) groups excluding carboxylic acids is 4. The summed E-state index contributed by atoms with van der Waals surface area (Å²) in [4.78, 5) is 52.3. The van der Waals surface area contributed by atoms with Crippen LogP contribution in [0.3, 0.4) is 0 Å². The second-order valence-corrected chi connectivity index (χ2v) is 22.8. The van der Waals surface area contributed by atoms with Crippen LogP contribution in [0.2, 0.25) is 0 Å². The van der Waals surface area contributed by atoms with Crippen molar-refractivity contribution in [3.8, 4) is 0 Å². The molecule has 0 aromatic heterocycles. The molecule has 2 unspecified atom stereocenters. The van der Waals surface area contributed by atoms with Gasteiger partial charge in [0.1, 0.15) is 42.4 Å². The summed E-state index contributed by atoms with van der Waals surface area (Å²) in [5.41, 5.74) is -1.50. The minimum Gasteiger partial charge on any atom is -0.462 e. The average Bonchev–Trinajstić information content (AvgIpc) is 3.28. The highest BCUT2D eigenvalue weighted by Crippen LogP contribution is 2.49. The number of likely N-dealkylation sites (N-methyl/N-ethyl adjacent to an activating group) is 1. The fraction of sp³-hybridized carbons (Fsp3) is 0.837. The molecular formula is C49H84Cl2N3O17P. The summed E-state index contributed by atoms with van der Waals surface area (Å²) in [5.74, 6) is -1.95. The lowest BCUT2D eigenvalue weighted by atomic mass is 9.82. The monoisotopic (exact) mass is 1090 g/mol. The molecule has 20 nitrogen and oxygen atoms in total. The van der Waals surface area contributed by atoms with Gasteiger partial charge in [0, 0.05) is 71.1 Å². The number of esters is 3. The lowest BCUT2D eigenvalue weighted by Crippen LogP contribution is -2.66. The Morgan fingerprint density at radius 1 is 1.04 bits per heavy atom. The van der Waals surface area contributed by atoms with Gasteiger partial charge in [0.05, 0.1) is 43.5 Å². The molecule has 72 heavy (non-hydrogen) atoms. The van der Waals surface area contributed by atoms with E-state index in [1.165, 1.54) is 14.0 Å². The number of nitrogens with zero attached hydrogens (tertiary/aromatic N) is 2. The third-order valence-corrected chi connectivity index (χ3v) is 15.5. The Morgan fingerprint density at radius 2 is 1.75 bits per heavy atom. The summed E-state index contributed by atoms with van der Waals surface area (Å²) in [5, 5.41) is 37.5. The van der Waals surface area contributed by atoms with Crippen molar-refractivity contribution in [3.63, 3.8) is 0 Å². The van der Waals surface area contributed by atoms with Gasteiger partial charge < -0.3 is 67.4 Å². The molecule has 4 aliphatic heterocycles. The Morgan fingerprint density at radius 3 is 2.35 bits per heavy atom. The molecule has 4 heterocycles. The summed E-state index contributed by atoms with van der Waals surface area (Å²) in [6.07, 6.45) is -3.21. The van der Waals surface area contributed by atoms with E-state index in [9.17, 15) is 39.1 Å². The molecule has 416 valence electrons. The molecular weight excluding hydrogens is 1000 g/mol. The van der Waals surface area contributed by atoms with Gasteiger partial charge in [-0.2, -0.15) is 0 Å². The first-order chi connectivity index (χ1) is 33.9. The normalized spacial score (nSPS) is 38.5. The highest BCUT2D eigenvalue weighted by molar-refractivity contribution is 7.54. The van der Waals surface area contributed by atoms with Crippen LogP contribution < -0.4 is 5.09 Å². The van der Waals surface area contributed by atoms with Crippen molar-refractivity contribution in [1.82, 2.24) is 14.7 Å². The van der Waals surface area contributed by atoms with Crippen molar-refractivity contribution in [3.05, 3.63) is 24.3 Å². The van der Waals surface area contributed by atoms with Crippen molar-refractivity contribution in [1.29, 1.82) is 0 Å². The lowest BCUT2D eigenvalue weighted by Gasteiger charge is -2.50. The van der Waals surface area contributed by atoms with Gasteiger partial charge in [0.2, 0.25) is 0 Å². The second kappa shape index (κ2) is 31.2. The zero-order chi connectivity index (χ0) is 53.9. The lowest BCUT2D eigenvalue weighted by molar-refractivity contribution is -0.344. The number of halogens is 2. The number of aldehydes is 1. The number of alkyl halides is 2. The van der Waals surface area contributed by atoms with E-state index in [1.54, 1.807) is 75.7 Å². The first-order valence-electron chi connectivity index (χ1n) is 25.0. The zero-order valence-corrected chi connectivity index (χ0v) is 46.4. The Hall–Kier alpha value is -2.11. The van der Waals surface area contributed by atoms with Crippen LogP contribution in [0.25, 0.3) is 0 Å². The van der Waals surface area contributed by atoms with E-state index in [0.29, 0.717) is 44.2 Å². The van der Waals surface area contributed by atoms with Crippen LogP contribution in [-0.4, -0.2) is 194 Å². The third-order valence-electron chi connectivity index (χ3n) is 12.9. The SMILES string of the molecule is COC1[C@@H](O[C@@H]2O[C@H](C)[C@@H](O[C@H]3C[C@@](C)(O)[C@H](OC(=O)CC(C)C)[C@H](C)O3)[C@H](N(C)C)[C@H]2O)[C@@H](CC=O)C[C@@H](C)[C@@H](O)/C=C/C=C/C[C@@H](C)OC(=O)C[C@H]1OC(C)=O.O=P1(NCCCl)OCCCN1CCCl. The molecule has 0 radical (unpaired) electrons. The molecule has 3 fully saturated rings. The van der Waals surface area contributed by atoms with Crippen molar-refractivity contribution >= 4 is 55.1 Å². The Balaban J connectivity index is 0.000000838. The largest absolute Gasteiger partial charge is 0.462 e. The minimum atomic E-state index is -2.84. The molecule has 23 heteroatoms. The highest BCUT2D eigenvalue weighted by Gasteiger charge is 2.53. The van der Waals surface area contributed by atoms with Crippen LogP contribution in [0.1, 0.15) is 100 Å². The number of carbonyl (C=O) groups is 4. The molecule has 4 aliphatic rings. The molecule has 0 amide bonds. The predicted octanol–water partition coefficient (Wildman–Crippen LogP) is 4.90. The second-order valence-electron chi connectivity index (χ2n) is 19.9. The molecule has 0 bridgehead atoms. The summed E-state index contributed by atoms with van der Waals surface area (Å²) in [6.45, 7) is 15.9. The number of ether oxygens (including phenoxy) is 8. The zero-order valence-electron chi connectivity index (χ0n) is 44.0. The summed E-state index contributed by atoms with van der Waals surface area (Å²) < 4.78 is 67.8. The number of allylic oxidation sites excluding steroid dienone is 2. The summed E-state index contributed by atoms with van der Waals surface area (Å²) in [6, 6.07) is -0.782. The van der Waals surface area contributed by atoms with Crippen LogP contribution in [0.5, 0.6) is 0 Å². The fourth-order valence-electron chi connectivity index (χ4n) is 9.40. The van der Waals surface area contributed by atoms with E-state index in [0.717, 1.165) is 13.0 Å². The van der Waals surface area contributed by atoms with Crippen LogP contribution in [0, 0.1) is 17.8 Å². The predicted molar refractivity (Wildman–Crippen MR) is 269 cm³/mol. The fourth-order valence-corrected chi connectivity index (χ4v) is 11.9. The van der Waals surface area contributed by atoms with Crippen LogP contribution >= 0.6 is 30.9 Å². The molecule has 4 rings (SSSR count). The number of hydrogen-bond donors (Lipinski definition) is 4. The van der Waals surface area contributed by atoms with E-state index in [2.05, 4.69) is 5.09 Å². The maximum atomic E-state index is 13.2. The van der Waals surface area contributed by atoms with E-state index in [-0.39, 0.29) is 31.6 Å². The minimum absolute atomic E-state index is 0.0460. The average molecular weight is 1090 g/mol. The molecule has 0 aromatic carbocycles. The number of methoxy groups -OCH3 is 1. The van der Waals surface area contributed by atoms with Gasteiger partial charge in [0.15, 0.2) is 18.7 Å². The molecule has 0 spiro atoms. The number of rotatable bonds is 17. The smallest absolute Gasteiger partial charge is 0.343 e. The van der Waals surface area contributed by atoms with Crippen LogP contribution in [0.15, 0.2) is 24.3 Å². The quantitative estimate of drug-likeness (QED) is 0.0497. The highest BCUT2D eigenvalue weighted by atomic mass is 35.5. The molecule has 4 N–H and O–H groups in total. The topological polar surface area (TPSA) is 248 Å². The number of cyclic esters (lactones) is 1.